The van der Waals surface area contributed by atoms with Gasteiger partial charge in [-0.25, -0.2) is 0 Å². The van der Waals surface area contributed by atoms with Gasteiger partial charge in [-0.1, -0.05) is 35.9 Å². The summed E-state index contributed by atoms with van der Waals surface area (Å²) in [5.74, 6) is 0. The van der Waals surface area contributed by atoms with Gasteiger partial charge in [0, 0.05) is 5.71 Å². The summed E-state index contributed by atoms with van der Waals surface area (Å²) in [6.45, 7) is 4.13. The fourth-order valence-electron chi connectivity index (χ4n) is 1.49. The van der Waals surface area contributed by atoms with Crippen LogP contribution in [0.4, 0.5) is 0 Å². The van der Waals surface area contributed by atoms with Gasteiger partial charge in [0.25, 0.3) is 0 Å². The molecule has 0 saturated carbocycles. The predicted molar refractivity (Wildman–Crippen MR) is 56.2 cm³/mol. The Morgan fingerprint density at radius 3 is 2.31 bits per heavy atom. The smallest absolute Gasteiger partial charge is 0.0937 e. The first-order chi connectivity index (χ1) is 6.25. The molecule has 1 heteroatoms. The SMILES string of the molecule is CC1=NC(c2ccc(C)cc2)C=C1. The third-order valence-electron chi connectivity index (χ3n) is 2.28. The second kappa shape index (κ2) is 3.17. The van der Waals surface area contributed by atoms with Crippen LogP contribution >= 0.6 is 0 Å². The fourth-order valence-corrected chi connectivity index (χ4v) is 1.49. The highest BCUT2D eigenvalue weighted by Crippen LogP contribution is 2.23. The summed E-state index contributed by atoms with van der Waals surface area (Å²) in [5, 5.41) is 0. The van der Waals surface area contributed by atoms with Gasteiger partial charge in [-0.15, -0.1) is 0 Å². The normalized spacial score (nSPS) is 20.5. The first-order valence-electron chi connectivity index (χ1n) is 4.55. The molecule has 1 unspecified atom stereocenters. The van der Waals surface area contributed by atoms with Crippen molar-refractivity contribution in [3.8, 4) is 0 Å². The van der Waals surface area contributed by atoms with Gasteiger partial charge in [-0.05, 0) is 25.5 Å². The second-order valence-corrected chi connectivity index (χ2v) is 3.49. The number of hydrogen-bond donors (Lipinski definition) is 0. The maximum Gasteiger partial charge on any atom is 0.0937 e. The molecule has 0 amide bonds. The molecule has 0 saturated heterocycles. The van der Waals surface area contributed by atoms with Crippen molar-refractivity contribution in [3.63, 3.8) is 0 Å². The van der Waals surface area contributed by atoms with E-state index in [9.17, 15) is 0 Å². The van der Waals surface area contributed by atoms with Crippen molar-refractivity contribution in [1.82, 2.24) is 0 Å². The lowest BCUT2D eigenvalue weighted by molar-refractivity contribution is 0.930. The molecular formula is C12H13N. The van der Waals surface area contributed by atoms with Crippen molar-refractivity contribution in [3.05, 3.63) is 47.5 Å². The van der Waals surface area contributed by atoms with Crippen molar-refractivity contribution in [2.45, 2.75) is 19.9 Å². The topological polar surface area (TPSA) is 12.4 Å². The van der Waals surface area contributed by atoms with Crippen LogP contribution in [0.2, 0.25) is 0 Å². The summed E-state index contributed by atoms with van der Waals surface area (Å²) < 4.78 is 0. The van der Waals surface area contributed by atoms with E-state index in [2.05, 4.69) is 48.3 Å². The predicted octanol–water partition coefficient (Wildman–Crippen LogP) is 3.07. The molecule has 0 aromatic heterocycles. The summed E-state index contributed by atoms with van der Waals surface area (Å²) >= 11 is 0. The molecule has 1 aromatic rings. The standard InChI is InChI=1S/C12H13N/c1-9-3-6-11(7-4-9)12-8-5-10(2)13-12/h3-8,12H,1-2H3. The van der Waals surface area contributed by atoms with Crippen LogP contribution in [0, 0.1) is 6.92 Å². The van der Waals surface area contributed by atoms with Crippen molar-refractivity contribution < 1.29 is 0 Å². The quantitative estimate of drug-likeness (QED) is 0.615. The molecule has 1 aliphatic heterocycles. The van der Waals surface area contributed by atoms with Gasteiger partial charge in [0.05, 0.1) is 6.04 Å². The Kier molecular flexibility index (Phi) is 2.01. The van der Waals surface area contributed by atoms with E-state index in [0.29, 0.717) is 0 Å². The Hall–Kier alpha value is -1.37. The first-order valence-corrected chi connectivity index (χ1v) is 4.55. The van der Waals surface area contributed by atoms with Gasteiger partial charge >= 0.3 is 0 Å². The van der Waals surface area contributed by atoms with Crippen LogP contribution in [-0.2, 0) is 0 Å². The van der Waals surface area contributed by atoms with Gasteiger partial charge in [-0.3, -0.25) is 4.99 Å². The van der Waals surface area contributed by atoms with Gasteiger partial charge in [0.15, 0.2) is 0 Å². The average Bonchev–Trinajstić information content (AvgIpc) is 2.53. The zero-order chi connectivity index (χ0) is 9.26. The molecule has 0 aliphatic carbocycles. The highest BCUT2D eigenvalue weighted by molar-refractivity contribution is 5.94. The largest absolute Gasteiger partial charge is 0.278 e. The molecule has 13 heavy (non-hydrogen) atoms. The van der Waals surface area contributed by atoms with E-state index >= 15 is 0 Å². The second-order valence-electron chi connectivity index (χ2n) is 3.49. The molecular weight excluding hydrogens is 158 g/mol. The van der Waals surface area contributed by atoms with Crippen LogP contribution in [0.25, 0.3) is 0 Å². The number of rotatable bonds is 1. The first kappa shape index (κ1) is 8.24. The van der Waals surface area contributed by atoms with Crippen LogP contribution in [0.3, 0.4) is 0 Å². The summed E-state index contributed by atoms with van der Waals surface area (Å²) in [7, 11) is 0. The molecule has 1 aromatic carbocycles. The number of aryl methyl sites for hydroxylation is 1. The molecule has 1 heterocycles. The van der Waals surface area contributed by atoms with Crippen LogP contribution in [0.15, 0.2) is 41.4 Å². The fraction of sp³-hybridized carbons (Fsp3) is 0.250. The van der Waals surface area contributed by atoms with Gasteiger partial charge in [0.2, 0.25) is 0 Å². The minimum Gasteiger partial charge on any atom is -0.278 e. The number of allylic oxidation sites excluding steroid dienone is 1. The molecule has 1 nitrogen and oxygen atoms in total. The van der Waals surface area contributed by atoms with E-state index < -0.39 is 0 Å². The summed E-state index contributed by atoms with van der Waals surface area (Å²) in [6, 6.07) is 8.80. The molecule has 0 N–H and O–H groups in total. The Morgan fingerprint density at radius 1 is 1.08 bits per heavy atom. The van der Waals surface area contributed by atoms with E-state index in [0.717, 1.165) is 5.71 Å². The third kappa shape index (κ3) is 1.69. The molecule has 0 bridgehead atoms. The number of benzene rings is 1. The van der Waals surface area contributed by atoms with E-state index in [1.54, 1.807) is 0 Å². The average molecular weight is 171 g/mol. The zero-order valence-corrected chi connectivity index (χ0v) is 7.99. The minimum atomic E-state index is 0.251. The molecule has 1 atom stereocenters. The molecule has 1 aliphatic rings. The van der Waals surface area contributed by atoms with Crippen molar-refractivity contribution >= 4 is 5.71 Å². The van der Waals surface area contributed by atoms with Crippen molar-refractivity contribution in [2.24, 2.45) is 4.99 Å². The van der Waals surface area contributed by atoms with Crippen LogP contribution < -0.4 is 0 Å². The highest BCUT2D eigenvalue weighted by Gasteiger charge is 2.09. The summed E-state index contributed by atoms with van der Waals surface area (Å²) in [4.78, 5) is 4.49. The van der Waals surface area contributed by atoms with Gasteiger partial charge < -0.3 is 0 Å². The maximum atomic E-state index is 4.49. The zero-order valence-electron chi connectivity index (χ0n) is 7.99. The van der Waals surface area contributed by atoms with Crippen LogP contribution in [-0.4, -0.2) is 5.71 Å². The van der Waals surface area contributed by atoms with E-state index in [1.807, 2.05) is 6.92 Å². The van der Waals surface area contributed by atoms with Gasteiger partial charge in [-0.2, -0.15) is 0 Å². The lowest BCUT2D eigenvalue weighted by atomic mass is 10.1. The number of hydrogen-bond acceptors (Lipinski definition) is 1. The van der Waals surface area contributed by atoms with Crippen molar-refractivity contribution in [2.75, 3.05) is 0 Å². The number of nitrogens with zero attached hydrogens (tertiary/aromatic N) is 1. The Morgan fingerprint density at radius 2 is 1.77 bits per heavy atom. The molecule has 0 radical (unpaired) electrons. The Balaban J connectivity index is 2.28. The van der Waals surface area contributed by atoms with E-state index in [-0.39, 0.29) is 6.04 Å². The van der Waals surface area contributed by atoms with Gasteiger partial charge in [0.1, 0.15) is 0 Å². The minimum absolute atomic E-state index is 0.251. The van der Waals surface area contributed by atoms with Crippen molar-refractivity contribution in [1.29, 1.82) is 0 Å². The Bertz CT molecular complexity index is 357. The highest BCUT2D eigenvalue weighted by atomic mass is 14.8. The summed E-state index contributed by atoms with van der Waals surface area (Å²) in [6.07, 6.45) is 4.21. The maximum absolute atomic E-state index is 4.49. The summed E-state index contributed by atoms with van der Waals surface area (Å²) in [5.41, 5.74) is 3.69. The number of aliphatic imine (C=N–C) groups is 1. The monoisotopic (exact) mass is 171 g/mol. The lowest BCUT2D eigenvalue weighted by Gasteiger charge is -2.04. The van der Waals surface area contributed by atoms with Crippen LogP contribution in [0.5, 0.6) is 0 Å². The van der Waals surface area contributed by atoms with E-state index in [1.165, 1.54) is 11.1 Å². The van der Waals surface area contributed by atoms with Crippen LogP contribution in [0.1, 0.15) is 24.1 Å². The molecule has 66 valence electrons. The molecule has 0 fully saturated rings. The molecule has 2 rings (SSSR count). The third-order valence-corrected chi connectivity index (χ3v) is 2.28. The van der Waals surface area contributed by atoms with E-state index in [4.69, 9.17) is 0 Å². The Labute approximate surface area is 78.8 Å². The molecule has 0 spiro atoms. The lowest BCUT2D eigenvalue weighted by Crippen LogP contribution is -1.88.